The maximum atomic E-state index is 2.44. The summed E-state index contributed by atoms with van der Waals surface area (Å²) in [5, 5.41) is 0. The van der Waals surface area contributed by atoms with Gasteiger partial charge in [-0.05, 0) is 13.3 Å². The van der Waals surface area contributed by atoms with Crippen LogP contribution in [0.5, 0.6) is 0 Å². The molecule has 0 saturated carbocycles. The van der Waals surface area contributed by atoms with Gasteiger partial charge in [0, 0.05) is 3.92 Å². The highest BCUT2D eigenvalue weighted by Gasteiger charge is 2.01. The topological polar surface area (TPSA) is 0 Å². The smallest absolute Gasteiger partial charge is 0.0329 e. The van der Waals surface area contributed by atoms with E-state index in [1.807, 2.05) is 0 Å². The maximum Gasteiger partial charge on any atom is 0.0329 e. The summed E-state index contributed by atoms with van der Waals surface area (Å²) < 4.78 is 0.734. The van der Waals surface area contributed by atoms with Gasteiger partial charge in [-0.15, -0.1) is 0 Å². The molecule has 0 saturated heterocycles. The molecule has 1 rings (SSSR count). The van der Waals surface area contributed by atoms with Crippen molar-refractivity contribution in [2.24, 2.45) is 0 Å². The van der Waals surface area contributed by atoms with E-state index in [-0.39, 0.29) is 0 Å². The van der Waals surface area contributed by atoms with E-state index in [0.717, 1.165) is 3.92 Å². The van der Waals surface area contributed by atoms with Gasteiger partial charge in [-0.3, -0.25) is 0 Å². The van der Waals surface area contributed by atoms with E-state index in [9.17, 15) is 0 Å². The van der Waals surface area contributed by atoms with E-state index in [2.05, 4.69) is 47.7 Å². The number of allylic oxidation sites excluding steroid dienone is 4. The van der Waals surface area contributed by atoms with E-state index in [1.54, 1.807) is 0 Å². The Labute approximate surface area is 63.8 Å². The molecule has 44 valence electrons. The Morgan fingerprint density at radius 2 is 2.50 bits per heavy atom. The Balaban J connectivity index is 2.59. The lowest BCUT2D eigenvalue weighted by Gasteiger charge is -2.07. The molecule has 1 heteroatoms. The van der Waals surface area contributed by atoms with Crippen LogP contribution in [0, 0.1) is 0 Å². The van der Waals surface area contributed by atoms with Crippen LogP contribution in [0.15, 0.2) is 23.8 Å². The molecule has 0 bridgehead atoms. The van der Waals surface area contributed by atoms with Crippen molar-refractivity contribution in [1.82, 2.24) is 0 Å². The van der Waals surface area contributed by atoms with Crippen molar-refractivity contribution < 1.29 is 0 Å². The fraction of sp³-hybridized carbons (Fsp3) is 0.429. The van der Waals surface area contributed by atoms with Crippen LogP contribution in [0.2, 0.25) is 0 Å². The van der Waals surface area contributed by atoms with Crippen LogP contribution in [0.25, 0.3) is 0 Å². The molecule has 0 heterocycles. The van der Waals surface area contributed by atoms with Gasteiger partial charge in [0.25, 0.3) is 0 Å². The number of alkyl halides is 1. The molecule has 0 aliphatic heterocycles. The molecule has 0 spiro atoms. The molecule has 0 N–H and O–H groups in total. The predicted molar refractivity (Wildman–Crippen MR) is 45.3 cm³/mol. The number of hydrogen-bond donors (Lipinski definition) is 0. The zero-order valence-corrected chi connectivity index (χ0v) is 7.05. The molecule has 0 aromatic carbocycles. The maximum absolute atomic E-state index is 2.44. The molecule has 0 fully saturated rings. The molecule has 8 heavy (non-hydrogen) atoms. The zero-order valence-electron chi connectivity index (χ0n) is 4.89. The average molecular weight is 220 g/mol. The Kier molecular flexibility index (Phi) is 2.11. The molecular weight excluding hydrogens is 211 g/mol. The Morgan fingerprint density at radius 1 is 1.75 bits per heavy atom. The lowest BCUT2D eigenvalue weighted by molar-refractivity contribution is 1.01. The largest absolute Gasteiger partial charge is 0.0777 e. The van der Waals surface area contributed by atoms with Crippen molar-refractivity contribution in [2.45, 2.75) is 17.3 Å². The fourth-order valence-electron chi connectivity index (χ4n) is 0.784. The van der Waals surface area contributed by atoms with Gasteiger partial charge in [0.15, 0.2) is 0 Å². The number of rotatable bonds is 0. The highest BCUT2D eigenvalue weighted by molar-refractivity contribution is 14.1. The van der Waals surface area contributed by atoms with Gasteiger partial charge in [0.05, 0.1) is 0 Å². The van der Waals surface area contributed by atoms with E-state index in [4.69, 9.17) is 0 Å². The third-order valence-corrected chi connectivity index (χ3v) is 2.07. The van der Waals surface area contributed by atoms with Crippen LogP contribution in [0.1, 0.15) is 13.3 Å². The van der Waals surface area contributed by atoms with E-state index in [0.29, 0.717) is 0 Å². The third kappa shape index (κ3) is 1.62. The van der Waals surface area contributed by atoms with Crippen LogP contribution in [0.4, 0.5) is 0 Å². The SMILES string of the molecule is CC1=CC=C[C@@H](I)C1. The van der Waals surface area contributed by atoms with Crippen molar-refractivity contribution in [2.75, 3.05) is 0 Å². The van der Waals surface area contributed by atoms with Gasteiger partial charge in [0.2, 0.25) is 0 Å². The lowest BCUT2D eigenvalue weighted by atomic mass is 10.1. The average Bonchev–Trinajstić information content (AvgIpc) is 1.64. The second-order valence-electron chi connectivity index (χ2n) is 2.12. The summed E-state index contributed by atoms with van der Waals surface area (Å²) in [5.74, 6) is 0. The molecular formula is C7H9I. The summed E-state index contributed by atoms with van der Waals surface area (Å²) >= 11 is 2.44. The van der Waals surface area contributed by atoms with Crippen molar-refractivity contribution in [1.29, 1.82) is 0 Å². The van der Waals surface area contributed by atoms with Gasteiger partial charge >= 0.3 is 0 Å². The van der Waals surface area contributed by atoms with Crippen molar-refractivity contribution in [3.05, 3.63) is 23.8 Å². The van der Waals surface area contributed by atoms with Crippen LogP contribution >= 0.6 is 22.6 Å². The highest BCUT2D eigenvalue weighted by Crippen LogP contribution is 2.17. The first-order valence-corrected chi connectivity index (χ1v) is 4.01. The fourth-order valence-corrected chi connectivity index (χ4v) is 1.72. The first-order chi connectivity index (χ1) is 3.79. The Bertz CT molecular complexity index is 133. The molecule has 1 aliphatic carbocycles. The van der Waals surface area contributed by atoms with Crippen LogP contribution < -0.4 is 0 Å². The van der Waals surface area contributed by atoms with E-state index >= 15 is 0 Å². The molecule has 0 radical (unpaired) electrons. The van der Waals surface area contributed by atoms with E-state index < -0.39 is 0 Å². The zero-order chi connectivity index (χ0) is 5.98. The minimum Gasteiger partial charge on any atom is -0.0777 e. The predicted octanol–water partition coefficient (Wildman–Crippen LogP) is 2.70. The van der Waals surface area contributed by atoms with Gasteiger partial charge in [-0.25, -0.2) is 0 Å². The monoisotopic (exact) mass is 220 g/mol. The van der Waals surface area contributed by atoms with Gasteiger partial charge < -0.3 is 0 Å². The Hall–Kier alpha value is 0.210. The summed E-state index contributed by atoms with van der Waals surface area (Å²) in [4.78, 5) is 0. The highest BCUT2D eigenvalue weighted by atomic mass is 127. The summed E-state index contributed by atoms with van der Waals surface area (Å²) in [7, 11) is 0. The third-order valence-electron chi connectivity index (χ3n) is 1.22. The molecule has 1 atom stereocenters. The minimum absolute atomic E-state index is 0.734. The number of halogens is 1. The van der Waals surface area contributed by atoms with Crippen LogP contribution in [-0.4, -0.2) is 3.92 Å². The summed E-state index contributed by atoms with van der Waals surface area (Å²) in [6, 6.07) is 0. The van der Waals surface area contributed by atoms with Gasteiger partial charge in [0.1, 0.15) is 0 Å². The molecule has 0 aromatic rings. The van der Waals surface area contributed by atoms with Crippen molar-refractivity contribution >= 4 is 22.6 Å². The van der Waals surface area contributed by atoms with Crippen molar-refractivity contribution in [3.8, 4) is 0 Å². The first kappa shape index (κ1) is 6.33. The second kappa shape index (κ2) is 2.67. The summed E-state index contributed by atoms with van der Waals surface area (Å²) in [6.45, 7) is 2.18. The molecule has 0 nitrogen and oxygen atoms in total. The quantitative estimate of drug-likeness (QED) is 0.435. The second-order valence-corrected chi connectivity index (χ2v) is 3.72. The van der Waals surface area contributed by atoms with Crippen LogP contribution in [0.3, 0.4) is 0 Å². The molecule has 0 aromatic heterocycles. The van der Waals surface area contributed by atoms with Crippen molar-refractivity contribution in [3.63, 3.8) is 0 Å². The number of hydrogen-bond acceptors (Lipinski definition) is 0. The van der Waals surface area contributed by atoms with E-state index in [1.165, 1.54) is 12.0 Å². The molecule has 0 unspecified atom stereocenters. The van der Waals surface area contributed by atoms with Gasteiger partial charge in [-0.2, -0.15) is 0 Å². The lowest BCUT2D eigenvalue weighted by Crippen LogP contribution is -1.95. The van der Waals surface area contributed by atoms with Crippen LogP contribution in [-0.2, 0) is 0 Å². The normalized spacial score (nSPS) is 27.8. The summed E-state index contributed by atoms with van der Waals surface area (Å²) in [5.41, 5.74) is 1.49. The minimum atomic E-state index is 0.734. The van der Waals surface area contributed by atoms with Gasteiger partial charge in [-0.1, -0.05) is 46.4 Å². The molecule has 0 amide bonds. The Morgan fingerprint density at radius 3 is 2.88 bits per heavy atom. The summed E-state index contributed by atoms with van der Waals surface area (Å²) in [6.07, 6.45) is 7.77. The first-order valence-electron chi connectivity index (χ1n) is 2.77. The standard InChI is InChI=1S/C7H9I/c1-6-3-2-4-7(8)5-6/h2-4,7H,5H2,1H3/t7-/m1/s1. The molecule has 1 aliphatic rings.